The van der Waals surface area contributed by atoms with Crippen molar-refractivity contribution in [3.63, 3.8) is 0 Å². The molecule has 4 aromatic rings. The summed E-state index contributed by atoms with van der Waals surface area (Å²) in [5.74, 6) is 0.838. The number of hydrogen-bond acceptors (Lipinski definition) is 3. The highest BCUT2D eigenvalue weighted by Crippen LogP contribution is 2.47. The summed E-state index contributed by atoms with van der Waals surface area (Å²) in [5.41, 5.74) is 3.44. The van der Waals surface area contributed by atoms with Crippen LogP contribution in [0.4, 0.5) is 5.82 Å². The molecule has 0 saturated carbocycles. The van der Waals surface area contributed by atoms with E-state index in [0.29, 0.717) is 12.1 Å². The fraction of sp³-hybridized carbons (Fsp3) is 0.290. The normalized spacial score (nSPS) is 19.9. The first kappa shape index (κ1) is 22.6. The van der Waals surface area contributed by atoms with E-state index in [-0.39, 0.29) is 17.5 Å². The molecule has 1 unspecified atom stereocenters. The lowest BCUT2D eigenvalue weighted by Gasteiger charge is -2.41. The Labute approximate surface area is 212 Å². The van der Waals surface area contributed by atoms with Gasteiger partial charge >= 0.3 is 0 Å². The van der Waals surface area contributed by atoms with Crippen molar-refractivity contribution in [2.75, 3.05) is 11.9 Å². The molecule has 36 heavy (non-hydrogen) atoms. The maximum atomic E-state index is 14.4. The van der Waals surface area contributed by atoms with Crippen LogP contribution in [-0.2, 0) is 11.1 Å². The quantitative estimate of drug-likeness (QED) is 0.373. The van der Waals surface area contributed by atoms with E-state index in [1.165, 1.54) is 5.56 Å². The van der Waals surface area contributed by atoms with Crippen molar-refractivity contribution in [1.29, 1.82) is 0 Å². The fourth-order valence-electron chi connectivity index (χ4n) is 6.23. The molecule has 2 aliphatic rings. The SMILES string of the molecule is CC1(C)CC(c2ccccc2)Nc2c(C(=O)N3CCCC3(c3ccccc3)c3ccccc3)cnn21. The third-order valence-electron chi connectivity index (χ3n) is 7.92. The Hall–Kier alpha value is -3.86. The Bertz CT molecular complexity index is 1320. The van der Waals surface area contributed by atoms with Gasteiger partial charge in [0, 0.05) is 6.54 Å². The standard InChI is InChI=1S/C31H32N4O/c1-30(2)21-27(23-13-6-3-7-14-23)33-28-26(22-32-35(28)30)29(36)34-20-12-19-31(34,24-15-8-4-9-16-24)25-17-10-5-11-18-25/h3-11,13-18,22,27,33H,12,19-21H2,1-2H3. The second-order valence-electron chi connectivity index (χ2n) is 10.6. The molecule has 0 bridgehead atoms. The predicted molar refractivity (Wildman–Crippen MR) is 143 cm³/mol. The summed E-state index contributed by atoms with van der Waals surface area (Å²) in [7, 11) is 0. The van der Waals surface area contributed by atoms with Gasteiger partial charge in [0.25, 0.3) is 5.91 Å². The van der Waals surface area contributed by atoms with Crippen molar-refractivity contribution in [3.05, 3.63) is 119 Å². The van der Waals surface area contributed by atoms with Gasteiger partial charge in [-0.1, -0.05) is 91.0 Å². The minimum absolute atomic E-state index is 0.0264. The number of nitrogens with one attached hydrogen (secondary N) is 1. The van der Waals surface area contributed by atoms with Crippen LogP contribution in [0.25, 0.3) is 0 Å². The number of anilines is 1. The highest BCUT2D eigenvalue weighted by Gasteiger charge is 2.48. The zero-order chi connectivity index (χ0) is 24.8. The first-order chi connectivity index (χ1) is 17.5. The summed E-state index contributed by atoms with van der Waals surface area (Å²) in [5, 5.41) is 8.41. The number of benzene rings is 3. The molecule has 5 heteroatoms. The van der Waals surface area contributed by atoms with Crippen molar-refractivity contribution >= 4 is 11.7 Å². The van der Waals surface area contributed by atoms with Crippen LogP contribution in [0.2, 0.25) is 0 Å². The van der Waals surface area contributed by atoms with E-state index >= 15 is 0 Å². The highest BCUT2D eigenvalue weighted by atomic mass is 16.2. The fourth-order valence-corrected chi connectivity index (χ4v) is 6.23. The zero-order valence-electron chi connectivity index (χ0n) is 20.9. The molecule has 0 radical (unpaired) electrons. The summed E-state index contributed by atoms with van der Waals surface area (Å²) in [4.78, 5) is 16.5. The Kier molecular flexibility index (Phi) is 5.44. The minimum atomic E-state index is -0.503. The topological polar surface area (TPSA) is 50.2 Å². The van der Waals surface area contributed by atoms with Gasteiger partial charge in [-0.05, 0) is 49.8 Å². The number of likely N-dealkylation sites (tertiary alicyclic amines) is 1. The number of amides is 1. The van der Waals surface area contributed by atoms with Gasteiger partial charge in [0.1, 0.15) is 11.4 Å². The smallest absolute Gasteiger partial charge is 0.260 e. The Balaban J connectivity index is 1.44. The molecule has 6 rings (SSSR count). The van der Waals surface area contributed by atoms with Gasteiger partial charge in [-0.2, -0.15) is 5.10 Å². The summed E-state index contributed by atoms with van der Waals surface area (Å²) in [6, 6.07) is 31.5. The van der Waals surface area contributed by atoms with Crippen LogP contribution < -0.4 is 5.32 Å². The van der Waals surface area contributed by atoms with E-state index in [1.807, 2.05) is 22.9 Å². The summed E-state index contributed by atoms with van der Waals surface area (Å²) < 4.78 is 2.00. The average Bonchev–Trinajstić information content (AvgIpc) is 3.56. The molecule has 5 nitrogen and oxygen atoms in total. The van der Waals surface area contributed by atoms with Crippen LogP contribution in [0, 0.1) is 0 Å². The van der Waals surface area contributed by atoms with E-state index < -0.39 is 5.54 Å². The van der Waals surface area contributed by atoms with Crippen LogP contribution in [0.5, 0.6) is 0 Å². The number of hydrogen-bond donors (Lipinski definition) is 1. The Morgan fingerprint density at radius 3 is 2.08 bits per heavy atom. The zero-order valence-corrected chi connectivity index (χ0v) is 20.9. The van der Waals surface area contributed by atoms with Crippen molar-refractivity contribution in [2.45, 2.75) is 50.2 Å². The maximum Gasteiger partial charge on any atom is 0.260 e. The first-order valence-electron chi connectivity index (χ1n) is 12.8. The second-order valence-corrected chi connectivity index (χ2v) is 10.6. The third-order valence-corrected chi connectivity index (χ3v) is 7.92. The Morgan fingerprint density at radius 2 is 1.47 bits per heavy atom. The summed E-state index contributed by atoms with van der Waals surface area (Å²) in [6.45, 7) is 5.10. The molecule has 2 aliphatic heterocycles. The molecule has 0 aliphatic carbocycles. The third kappa shape index (κ3) is 3.53. The molecule has 1 fully saturated rings. The Morgan fingerprint density at radius 1 is 0.889 bits per heavy atom. The maximum absolute atomic E-state index is 14.4. The number of carbonyl (C=O) groups excluding carboxylic acids is 1. The number of fused-ring (bicyclic) bond motifs is 1. The molecule has 3 heterocycles. The van der Waals surface area contributed by atoms with Crippen LogP contribution in [0.15, 0.2) is 97.2 Å². The molecule has 1 aromatic heterocycles. The molecular formula is C31H32N4O. The van der Waals surface area contributed by atoms with E-state index in [4.69, 9.17) is 5.10 Å². The molecule has 3 aromatic carbocycles. The number of aromatic nitrogens is 2. The lowest BCUT2D eigenvalue weighted by molar-refractivity contribution is 0.0651. The average molecular weight is 477 g/mol. The monoisotopic (exact) mass is 476 g/mol. The molecular weight excluding hydrogens is 444 g/mol. The van der Waals surface area contributed by atoms with Crippen LogP contribution in [0.1, 0.15) is 66.2 Å². The minimum Gasteiger partial charge on any atom is -0.363 e. The van der Waals surface area contributed by atoms with Gasteiger partial charge in [-0.25, -0.2) is 4.68 Å². The number of rotatable bonds is 4. The molecule has 182 valence electrons. The highest BCUT2D eigenvalue weighted by molar-refractivity contribution is 6.00. The molecule has 1 saturated heterocycles. The van der Waals surface area contributed by atoms with E-state index in [0.717, 1.165) is 36.2 Å². The predicted octanol–water partition coefficient (Wildman–Crippen LogP) is 6.35. The van der Waals surface area contributed by atoms with Gasteiger partial charge in [0.05, 0.1) is 23.3 Å². The van der Waals surface area contributed by atoms with Crippen LogP contribution >= 0.6 is 0 Å². The van der Waals surface area contributed by atoms with Gasteiger partial charge < -0.3 is 10.2 Å². The van der Waals surface area contributed by atoms with E-state index in [9.17, 15) is 4.79 Å². The first-order valence-corrected chi connectivity index (χ1v) is 12.8. The number of carbonyl (C=O) groups is 1. The van der Waals surface area contributed by atoms with Gasteiger partial charge in [0.2, 0.25) is 0 Å². The van der Waals surface area contributed by atoms with Crippen molar-refractivity contribution < 1.29 is 4.79 Å². The van der Waals surface area contributed by atoms with Crippen molar-refractivity contribution in [2.24, 2.45) is 0 Å². The second kappa shape index (κ2) is 8.66. The lowest BCUT2D eigenvalue weighted by atomic mass is 9.80. The largest absolute Gasteiger partial charge is 0.363 e. The molecule has 1 amide bonds. The molecule has 1 N–H and O–H groups in total. The molecule has 0 spiro atoms. The lowest BCUT2D eigenvalue weighted by Crippen LogP contribution is -2.46. The van der Waals surface area contributed by atoms with Crippen molar-refractivity contribution in [1.82, 2.24) is 14.7 Å². The van der Waals surface area contributed by atoms with Gasteiger partial charge in [0.15, 0.2) is 0 Å². The van der Waals surface area contributed by atoms with Crippen molar-refractivity contribution in [3.8, 4) is 0 Å². The van der Waals surface area contributed by atoms with Crippen LogP contribution in [0.3, 0.4) is 0 Å². The van der Waals surface area contributed by atoms with Gasteiger partial charge in [-0.15, -0.1) is 0 Å². The van der Waals surface area contributed by atoms with Gasteiger partial charge in [-0.3, -0.25) is 4.79 Å². The molecule has 1 atom stereocenters. The van der Waals surface area contributed by atoms with E-state index in [1.54, 1.807) is 6.20 Å². The van der Waals surface area contributed by atoms with E-state index in [2.05, 4.69) is 96.9 Å². The van der Waals surface area contributed by atoms with Crippen LogP contribution in [-0.4, -0.2) is 27.1 Å². The number of nitrogens with zero attached hydrogens (tertiary/aromatic N) is 3. The summed E-state index contributed by atoms with van der Waals surface area (Å²) >= 11 is 0. The summed E-state index contributed by atoms with van der Waals surface area (Å²) in [6.07, 6.45) is 4.49.